The van der Waals surface area contributed by atoms with E-state index in [9.17, 15) is 18.3 Å². The van der Waals surface area contributed by atoms with E-state index >= 15 is 0 Å². The Labute approximate surface area is 97.0 Å². The predicted octanol–water partition coefficient (Wildman–Crippen LogP) is 1.29. The van der Waals surface area contributed by atoms with Gasteiger partial charge in [-0.05, 0) is 18.9 Å². The number of alkyl halides is 3. The fourth-order valence-corrected chi connectivity index (χ4v) is 1.36. The van der Waals surface area contributed by atoms with Gasteiger partial charge in [-0.3, -0.25) is 4.68 Å². The van der Waals surface area contributed by atoms with Crippen LogP contribution in [-0.2, 0) is 18.2 Å². The second-order valence-electron chi connectivity index (χ2n) is 3.77. The molecule has 0 spiro atoms. The van der Waals surface area contributed by atoms with E-state index in [4.69, 9.17) is 0 Å². The molecule has 17 heavy (non-hydrogen) atoms. The van der Waals surface area contributed by atoms with Crippen molar-refractivity contribution in [2.24, 2.45) is 7.05 Å². The average Bonchev–Trinajstić information content (AvgIpc) is 2.59. The molecule has 0 fully saturated rings. The molecular formula is C10H15F3N2O2. The third-order valence-corrected chi connectivity index (χ3v) is 2.23. The van der Waals surface area contributed by atoms with E-state index in [1.165, 1.54) is 0 Å². The molecule has 0 saturated carbocycles. The van der Waals surface area contributed by atoms with Crippen molar-refractivity contribution in [3.63, 3.8) is 0 Å². The van der Waals surface area contributed by atoms with E-state index in [1.807, 2.05) is 0 Å². The molecule has 0 aliphatic carbocycles. The molecule has 0 aliphatic heterocycles. The van der Waals surface area contributed by atoms with Crippen molar-refractivity contribution >= 4 is 0 Å². The zero-order valence-corrected chi connectivity index (χ0v) is 9.44. The standard InChI is InChI=1S/C10H15F3N2O2/c1-15-8(4-5-14-15)2-3-9(16)6-17-7-10(11,12)13/h4-5,9,16H,2-3,6-7H2,1H3. The highest BCUT2D eigenvalue weighted by Crippen LogP contribution is 2.14. The van der Waals surface area contributed by atoms with Gasteiger partial charge >= 0.3 is 6.18 Å². The Bertz CT molecular complexity index is 339. The van der Waals surface area contributed by atoms with Gasteiger partial charge in [-0.2, -0.15) is 18.3 Å². The van der Waals surface area contributed by atoms with Crippen LogP contribution in [0.25, 0.3) is 0 Å². The fraction of sp³-hybridized carbons (Fsp3) is 0.700. The Morgan fingerprint density at radius 3 is 2.76 bits per heavy atom. The number of rotatable bonds is 6. The summed E-state index contributed by atoms with van der Waals surface area (Å²) in [5.41, 5.74) is 0.917. The first-order valence-electron chi connectivity index (χ1n) is 5.18. The molecule has 1 atom stereocenters. The quantitative estimate of drug-likeness (QED) is 0.830. The summed E-state index contributed by atoms with van der Waals surface area (Å²) in [5.74, 6) is 0. The fourth-order valence-electron chi connectivity index (χ4n) is 1.36. The Morgan fingerprint density at radius 2 is 2.24 bits per heavy atom. The van der Waals surface area contributed by atoms with Crippen LogP contribution in [0.1, 0.15) is 12.1 Å². The number of aliphatic hydroxyl groups is 1. The van der Waals surface area contributed by atoms with Crippen LogP contribution >= 0.6 is 0 Å². The maximum Gasteiger partial charge on any atom is 0.411 e. The van der Waals surface area contributed by atoms with E-state index < -0.39 is 18.9 Å². The lowest BCUT2D eigenvalue weighted by Gasteiger charge is -2.12. The van der Waals surface area contributed by atoms with Crippen LogP contribution in [0.15, 0.2) is 12.3 Å². The molecule has 98 valence electrons. The Balaban J connectivity index is 2.18. The van der Waals surface area contributed by atoms with E-state index in [0.717, 1.165) is 5.69 Å². The monoisotopic (exact) mass is 252 g/mol. The summed E-state index contributed by atoms with van der Waals surface area (Å²) in [6, 6.07) is 1.79. The topological polar surface area (TPSA) is 47.3 Å². The molecular weight excluding hydrogens is 237 g/mol. The van der Waals surface area contributed by atoms with Gasteiger partial charge in [-0.1, -0.05) is 0 Å². The summed E-state index contributed by atoms with van der Waals surface area (Å²) in [7, 11) is 1.77. The molecule has 0 saturated heterocycles. The number of aryl methyl sites for hydroxylation is 2. The van der Waals surface area contributed by atoms with Crippen LogP contribution in [0.3, 0.4) is 0 Å². The van der Waals surface area contributed by atoms with Crippen LogP contribution in [0.4, 0.5) is 13.2 Å². The van der Waals surface area contributed by atoms with Crippen LogP contribution in [0.5, 0.6) is 0 Å². The van der Waals surface area contributed by atoms with Gasteiger partial charge in [0.05, 0.1) is 12.7 Å². The number of hydrogen-bond donors (Lipinski definition) is 1. The zero-order chi connectivity index (χ0) is 12.9. The molecule has 1 N–H and O–H groups in total. The average molecular weight is 252 g/mol. The molecule has 0 amide bonds. The Morgan fingerprint density at radius 1 is 1.53 bits per heavy atom. The van der Waals surface area contributed by atoms with Gasteiger partial charge in [-0.25, -0.2) is 0 Å². The first-order valence-corrected chi connectivity index (χ1v) is 5.18. The number of halogens is 3. The molecule has 7 heteroatoms. The van der Waals surface area contributed by atoms with Crippen molar-refractivity contribution < 1.29 is 23.0 Å². The summed E-state index contributed by atoms with van der Waals surface area (Å²) in [6.45, 7) is -1.63. The first kappa shape index (κ1) is 14.0. The molecule has 1 aromatic rings. The molecule has 0 aromatic carbocycles. The maximum absolute atomic E-state index is 11.7. The lowest BCUT2D eigenvalue weighted by Crippen LogP contribution is -2.23. The minimum atomic E-state index is -4.35. The van der Waals surface area contributed by atoms with Crippen LogP contribution in [0, 0.1) is 0 Å². The first-order chi connectivity index (χ1) is 7.88. The molecule has 1 heterocycles. The zero-order valence-electron chi connectivity index (χ0n) is 9.44. The summed E-state index contributed by atoms with van der Waals surface area (Å²) in [4.78, 5) is 0. The third kappa shape index (κ3) is 5.69. The van der Waals surface area contributed by atoms with Crippen molar-refractivity contribution in [3.8, 4) is 0 Å². The van der Waals surface area contributed by atoms with Gasteiger partial charge in [0, 0.05) is 18.9 Å². The van der Waals surface area contributed by atoms with Crippen molar-refractivity contribution in [1.29, 1.82) is 0 Å². The number of nitrogens with zero attached hydrogens (tertiary/aromatic N) is 2. The number of ether oxygens (including phenoxy) is 1. The van der Waals surface area contributed by atoms with Crippen LogP contribution in [0.2, 0.25) is 0 Å². The molecule has 4 nitrogen and oxygen atoms in total. The van der Waals surface area contributed by atoms with Gasteiger partial charge in [-0.15, -0.1) is 0 Å². The highest BCUT2D eigenvalue weighted by Gasteiger charge is 2.27. The summed E-state index contributed by atoms with van der Waals surface area (Å²) in [5, 5.41) is 13.4. The predicted molar refractivity (Wildman–Crippen MR) is 54.4 cm³/mol. The largest absolute Gasteiger partial charge is 0.411 e. The van der Waals surface area contributed by atoms with E-state index in [-0.39, 0.29) is 6.61 Å². The Kier molecular flexibility index (Phi) is 4.95. The van der Waals surface area contributed by atoms with Gasteiger partial charge in [0.2, 0.25) is 0 Å². The van der Waals surface area contributed by atoms with Gasteiger partial charge in [0.25, 0.3) is 0 Å². The minimum Gasteiger partial charge on any atom is -0.391 e. The lowest BCUT2D eigenvalue weighted by molar-refractivity contribution is -0.179. The highest BCUT2D eigenvalue weighted by atomic mass is 19.4. The van der Waals surface area contributed by atoms with Crippen LogP contribution in [-0.4, -0.2) is 40.4 Å². The number of hydrogen-bond acceptors (Lipinski definition) is 3. The normalized spacial score (nSPS) is 13.9. The molecule has 1 aromatic heterocycles. The summed E-state index contributed by atoms with van der Waals surface area (Å²) < 4.78 is 41.3. The second-order valence-corrected chi connectivity index (χ2v) is 3.77. The maximum atomic E-state index is 11.7. The molecule has 0 aliphatic rings. The minimum absolute atomic E-state index is 0.308. The SMILES string of the molecule is Cn1nccc1CCC(O)COCC(F)(F)F. The van der Waals surface area contributed by atoms with Crippen molar-refractivity contribution in [2.45, 2.75) is 25.1 Å². The number of aromatic nitrogens is 2. The van der Waals surface area contributed by atoms with E-state index in [2.05, 4.69) is 9.84 Å². The van der Waals surface area contributed by atoms with Gasteiger partial charge in [0.15, 0.2) is 0 Å². The molecule has 1 unspecified atom stereocenters. The molecule has 1 rings (SSSR count). The van der Waals surface area contributed by atoms with Crippen molar-refractivity contribution in [2.75, 3.05) is 13.2 Å². The lowest BCUT2D eigenvalue weighted by atomic mass is 10.1. The smallest absolute Gasteiger partial charge is 0.391 e. The Hall–Kier alpha value is -1.08. The van der Waals surface area contributed by atoms with Gasteiger partial charge in [0.1, 0.15) is 6.61 Å². The van der Waals surface area contributed by atoms with E-state index in [1.54, 1.807) is 24.0 Å². The van der Waals surface area contributed by atoms with Crippen LogP contribution < -0.4 is 0 Å². The van der Waals surface area contributed by atoms with Crippen molar-refractivity contribution in [1.82, 2.24) is 9.78 Å². The molecule has 0 bridgehead atoms. The highest BCUT2D eigenvalue weighted by molar-refractivity contribution is 4.99. The summed E-state index contributed by atoms with van der Waals surface area (Å²) >= 11 is 0. The molecule has 0 radical (unpaired) electrons. The third-order valence-electron chi connectivity index (χ3n) is 2.23. The van der Waals surface area contributed by atoms with E-state index in [0.29, 0.717) is 12.8 Å². The second kappa shape index (κ2) is 6.02. The number of aliphatic hydroxyl groups excluding tert-OH is 1. The van der Waals surface area contributed by atoms with Gasteiger partial charge < -0.3 is 9.84 Å². The summed E-state index contributed by atoms with van der Waals surface area (Å²) in [6.07, 6.45) is -2.72. The van der Waals surface area contributed by atoms with Crippen molar-refractivity contribution in [3.05, 3.63) is 18.0 Å².